The third kappa shape index (κ3) is 1660. The zero-order valence-electron chi connectivity index (χ0n) is 16.8. The van der Waals surface area contributed by atoms with Crippen molar-refractivity contribution < 1.29 is 28.8 Å². The fourth-order valence-corrected chi connectivity index (χ4v) is 0. The minimum atomic E-state index is 0.167. The maximum absolute atomic E-state index is 9.44. The molecule has 0 fully saturated rings. The fraction of sp³-hybridized carbons (Fsp3) is 0.647. The van der Waals surface area contributed by atoms with Gasteiger partial charge in [0.25, 0.3) is 0 Å². The number of carbonyl (C=O) groups excluding carboxylic acids is 6. The van der Waals surface area contributed by atoms with Crippen molar-refractivity contribution in [3.8, 4) is 0 Å². The van der Waals surface area contributed by atoms with E-state index in [2.05, 4.69) is 0 Å². The molecular weight excluding hydrogens is 300 g/mol. The maximum Gasteiger partial charge on any atom is 0.126 e. The van der Waals surface area contributed by atoms with E-state index in [1.54, 1.807) is 0 Å². The quantitative estimate of drug-likeness (QED) is 0.624. The molecule has 0 aliphatic carbocycles. The molecule has 0 aromatic rings. The highest BCUT2D eigenvalue weighted by Gasteiger charge is 1.62. The lowest BCUT2D eigenvalue weighted by Crippen LogP contribution is -1.69. The number of hydrogen-bond acceptors (Lipinski definition) is 6. The number of aldehydes is 5. The van der Waals surface area contributed by atoms with Gasteiger partial charge in [0.05, 0.1) is 0 Å². The first-order valence-corrected chi connectivity index (χ1v) is 7.27. The Labute approximate surface area is 143 Å². The van der Waals surface area contributed by atoms with Gasteiger partial charge in [0.1, 0.15) is 37.2 Å². The molecule has 0 N–H and O–H groups in total. The zero-order valence-corrected chi connectivity index (χ0v) is 16.8. The Morgan fingerprint density at radius 2 is 0.478 bits per heavy atom. The van der Waals surface area contributed by atoms with Gasteiger partial charge in [-0.3, -0.25) is 0 Å². The second-order valence-corrected chi connectivity index (χ2v) is 2.09. The minimum absolute atomic E-state index is 0.167. The number of carbonyl (C=O) groups is 6. The molecule has 0 atom stereocenters. The average Bonchev–Trinajstić information content (AvgIpc) is 2.46. The van der Waals surface area contributed by atoms with Crippen LogP contribution in [0.15, 0.2) is 0 Å². The topological polar surface area (TPSA) is 102 Å². The third-order valence-electron chi connectivity index (χ3n) is 0. The Kier molecular flexibility index (Phi) is 432. The molecular formula is C17H38O6. The predicted molar refractivity (Wildman–Crippen MR) is 97.7 cm³/mol. The Hall–Kier alpha value is -1.98. The summed E-state index contributed by atoms with van der Waals surface area (Å²) in [5, 5.41) is 0. The van der Waals surface area contributed by atoms with E-state index in [0.717, 1.165) is 31.4 Å². The van der Waals surface area contributed by atoms with Crippen molar-refractivity contribution in [1.29, 1.82) is 0 Å². The fourth-order valence-electron chi connectivity index (χ4n) is 0. The van der Waals surface area contributed by atoms with E-state index in [-0.39, 0.29) is 5.78 Å². The lowest BCUT2D eigenvalue weighted by atomic mass is 10.6. The van der Waals surface area contributed by atoms with Crippen LogP contribution in [0.2, 0.25) is 0 Å². The molecule has 0 aliphatic rings. The van der Waals surface area contributed by atoms with E-state index in [4.69, 9.17) is 24.0 Å². The highest BCUT2D eigenvalue weighted by molar-refractivity contribution is 5.72. The number of ketones is 1. The van der Waals surface area contributed by atoms with Crippen molar-refractivity contribution in [3.63, 3.8) is 0 Å². The van der Waals surface area contributed by atoms with Gasteiger partial charge in [0, 0.05) is 0 Å². The summed E-state index contributed by atoms with van der Waals surface area (Å²) >= 11 is 0. The van der Waals surface area contributed by atoms with Crippen molar-refractivity contribution in [2.75, 3.05) is 0 Å². The van der Waals surface area contributed by atoms with Gasteiger partial charge in [-0.1, -0.05) is 27.7 Å². The Morgan fingerprint density at radius 3 is 0.478 bits per heavy atom. The molecule has 0 rings (SSSR count). The van der Waals surface area contributed by atoms with Crippen LogP contribution in [0, 0.1) is 0 Å². The monoisotopic (exact) mass is 338 g/mol. The van der Waals surface area contributed by atoms with Crippen LogP contribution in [0.25, 0.3) is 0 Å². The molecule has 0 aromatic carbocycles. The number of Topliss-reactive ketones (excluding diaryl/α,β-unsaturated/α-hetero) is 1. The van der Waals surface area contributed by atoms with Crippen LogP contribution in [-0.4, -0.2) is 37.2 Å². The molecule has 0 aromatic heterocycles. The molecule has 0 bridgehead atoms. The molecule has 0 saturated heterocycles. The van der Waals surface area contributed by atoms with E-state index in [9.17, 15) is 4.79 Å². The van der Waals surface area contributed by atoms with E-state index >= 15 is 0 Å². The Balaban J connectivity index is -0.0000000188. The van der Waals surface area contributed by atoms with Crippen LogP contribution in [0.4, 0.5) is 0 Å². The first-order chi connectivity index (χ1) is 10.8. The third-order valence-corrected chi connectivity index (χ3v) is 0. The van der Waals surface area contributed by atoms with Crippen molar-refractivity contribution in [2.45, 2.75) is 76.2 Å². The van der Waals surface area contributed by atoms with Gasteiger partial charge in [0.2, 0.25) is 0 Å². The summed E-state index contributed by atoms with van der Waals surface area (Å²) in [6.07, 6.45) is 3.75. The normalized spacial score (nSPS) is 4.48. The SMILES string of the molecule is CC.CC.CC(C)=O.CC=O.CC=O.CC=O.CC=O.CC=O. The average molecular weight is 338 g/mol. The summed E-state index contributed by atoms with van der Waals surface area (Å²) < 4.78 is 0. The first kappa shape index (κ1) is 49.7. The van der Waals surface area contributed by atoms with Gasteiger partial charge < -0.3 is 28.8 Å². The predicted octanol–water partition coefficient (Wildman–Crippen LogP) is 3.67. The van der Waals surface area contributed by atoms with Gasteiger partial charge in [-0.2, -0.15) is 0 Å². The largest absolute Gasteiger partial charge is 0.304 e. The summed E-state index contributed by atoms with van der Waals surface area (Å²) in [6.45, 7) is 18.3. The van der Waals surface area contributed by atoms with Crippen molar-refractivity contribution in [2.24, 2.45) is 0 Å². The minimum Gasteiger partial charge on any atom is -0.304 e. The molecule has 0 radical (unpaired) electrons. The zero-order chi connectivity index (χ0) is 21.1. The molecule has 0 aliphatic heterocycles. The molecule has 23 heavy (non-hydrogen) atoms. The smallest absolute Gasteiger partial charge is 0.126 e. The van der Waals surface area contributed by atoms with E-state index in [0.29, 0.717) is 0 Å². The lowest BCUT2D eigenvalue weighted by molar-refractivity contribution is -0.115. The first-order valence-electron chi connectivity index (χ1n) is 7.27. The molecule has 0 heterocycles. The van der Waals surface area contributed by atoms with Crippen LogP contribution in [-0.2, 0) is 28.8 Å². The summed E-state index contributed by atoms with van der Waals surface area (Å²) in [7, 11) is 0. The van der Waals surface area contributed by atoms with E-state index in [1.807, 2.05) is 27.7 Å². The van der Waals surface area contributed by atoms with Gasteiger partial charge in [-0.05, 0) is 48.5 Å². The second-order valence-electron chi connectivity index (χ2n) is 2.09. The maximum atomic E-state index is 9.44. The van der Waals surface area contributed by atoms with E-state index < -0.39 is 0 Å². The van der Waals surface area contributed by atoms with Crippen molar-refractivity contribution in [1.82, 2.24) is 0 Å². The van der Waals surface area contributed by atoms with Gasteiger partial charge >= 0.3 is 0 Å². The molecule has 142 valence electrons. The second kappa shape index (κ2) is 200. The molecule has 0 unspecified atom stereocenters. The Morgan fingerprint density at radius 1 is 0.478 bits per heavy atom. The highest BCUT2D eigenvalue weighted by Crippen LogP contribution is 1.50. The summed E-state index contributed by atoms with van der Waals surface area (Å²) in [5.41, 5.74) is 0. The van der Waals surface area contributed by atoms with Gasteiger partial charge in [0.15, 0.2) is 0 Å². The van der Waals surface area contributed by atoms with Gasteiger partial charge in [-0.15, -0.1) is 0 Å². The van der Waals surface area contributed by atoms with Crippen molar-refractivity contribution in [3.05, 3.63) is 0 Å². The molecule has 0 spiro atoms. The standard InChI is InChI=1S/C3H6O.5C2H4O.2C2H6/c1-3(2)4;5*1-2-3;2*1-2/h1-2H3;5*2H,1H3;2*1-2H3. The molecule has 0 amide bonds. The van der Waals surface area contributed by atoms with Crippen LogP contribution >= 0.6 is 0 Å². The Bertz CT molecular complexity index is 151. The highest BCUT2D eigenvalue weighted by atomic mass is 16.1. The number of rotatable bonds is 0. The number of hydrogen-bond donors (Lipinski definition) is 0. The van der Waals surface area contributed by atoms with E-state index in [1.165, 1.54) is 48.5 Å². The molecule has 6 heteroatoms. The summed E-state index contributed by atoms with van der Waals surface area (Å²) in [4.78, 5) is 53.5. The molecule has 6 nitrogen and oxygen atoms in total. The van der Waals surface area contributed by atoms with Gasteiger partial charge in [-0.25, -0.2) is 0 Å². The summed E-state index contributed by atoms with van der Waals surface area (Å²) in [6, 6.07) is 0. The van der Waals surface area contributed by atoms with Crippen LogP contribution in [0.1, 0.15) is 76.2 Å². The lowest BCUT2D eigenvalue weighted by Gasteiger charge is -1.56. The molecule has 0 saturated carbocycles. The van der Waals surface area contributed by atoms with Crippen LogP contribution in [0.5, 0.6) is 0 Å². The van der Waals surface area contributed by atoms with Crippen molar-refractivity contribution >= 4 is 37.2 Å². The van der Waals surface area contributed by atoms with Crippen LogP contribution in [0.3, 0.4) is 0 Å². The van der Waals surface area contributed by atoms with Crippen LogP contribution < -0.4 is 0 Å². The summed E-state index contributed by atoms with van der Waals surface area (Å²) in [5.74, 6) is 0.167.